The molecule has 1 aromatic heterocycles. The van der Waals surface area contributed by atoms with E-state index >= 15 is 0 Å². The lowest BCUT2D eigenvalue weighted by atomic mass is 9.95. The van der Waals surface area contributed by atoms with Crippen LogP contribution in [0.25, 0.3) is 10.4 Å². The van der Waals surface area contributed by atoms with Crippen molar-refractivity contribution in [1.82, 2.24) is 10.3 Å². The predicted octanol–water partition coefficient (Wildman–Crippen LogP) is 3.22. The molecule has 150 valence electrons. The van der Waals surface area contributed by atoms with E-state index in [0.717, 1.165) is 11.3 Å². The summed E-state index contributed by atoms with van der Waals surface area (Å²) in [6, 6.07) is -1.15. The molecule has 10 heteroatoms. The van der Waals surface area contributed by atoms with Gasteiger partial charge in [-0.05, 0) is 17.4 Å². The number of amides is 1. The number of rotatable bonds is 10. The van der Waals surface area contributed by atoms with Gasteiger partial charge < -0.3 is 15.2 Å². The van der Waals surface area contributed by atoms with E-state index in [1.54, 1.807) is 0 Å². The Bertz CT molecular complexity index is 687. The number of azide groups is 1. The minimum absolute atomic E-state index is 0.0345. The molecule has 0 unspecified atom stereocenters. The molecule has 4 atom stereocenters. The van der Waals surface area contributed by atoms with Gasteiger partial charge in [0, 0.05) is 22.8 Å². The SMILES string of the molecule is CC[C@H](C)[C@H](N=[N+]=[N-])C(=O)N[C@H](C[C@@H](O)c1nc(C(=O)OC)cs1)C(C)C. The van der Waals surface area contributed by atoms with E-state index in [2.05, 4.69) is 25.1 Å². The van der Waals surface area contributed by atoms with Crippen LogP contribution in [0, 0.1) is 11.8 Å². The summed E-state index contributed by atoms with van der Waals surface area (Å²) >= 11 is 1.16. The largest absolute Gasteiger partial charge is 0.464 e. The van der Waals surface area contributed by atoms with Crippen molar-refractivity contribution in [3.63, 3.8) is 0 Å². The number of aliphatic hydroxyl groups is 1. The molecule has 1 rings (SSSR count). The highest BCUT2D eigenvalue weighted by Gasteiger charge is 2.28. The van der Waals surface area contributed by atoms with Gasteiger partial charge in [0.1, 0.15) is 17.2 Å². The fourth-order valence-electron chi connectivity index (χ4n) is 2.45. The molecule has 0 aliphatic heterocycles. The smallest absolute Gasteiger partial charge is 0.357 e. The molecule has 27 heavy (non-hydrogen) atoms. The van der Waals surface area contributed by atoms with Crippen molar-refractivity contribution in [2.75, 3.05) is 7.11 Å². The number of aliphatic hydroxyl groups excluding tert-OH is 1. The highest BCUT2D eigenvalue weighted by atomic mass is 32.1. The van der Waals surface area contributed by atoms with E-state index in [4.69, 9.17) is 5.53 Å². The van der Waals surface area contributed by atoms with Crippen molar-refractivity contribution in [2.45, 2.75) is 58.7 Å². The molecule has 2 N–H and O–H groups in total. The van der Waals surface area contributed by atoms with Crippen LogP contribution in [0.3, 0.4) is 0 Å². The van der Waals surface area contributed by atoms with Gasteiger partial charge in [-0.2, -0.15) is 0 Å². The van der Waals surface area contributed by atoms with Crippen LogP contribution in [0.1, 0.15) is 62.1 Å². The standard InChI is InChI=1S/C17H27N5O4S/c1-6-10(4)14(21-22-18)15(24)19-11(9(2)3)7-13(23)16-20-12(8-27-16)17(25)26-5/h8-11,13-14,23H,6-7H2,1-5H3,(H,19,24)/t10-,11+,13+,14-/m0/s1. The maximum atomic E-state index is 12.6. The molecule has 0 saturated heterocycles. The Morgan fingerprint density at radius 3 is 2.63 bits per heavy atom. The van der Waals surface area contributed by atoms with Gasteiger partial charge >= 0.3 is 5.97 Å². The number of hydrogen-bond acceptors (Lipinski definition) is 7. The summed E-state index contributed by atoms with van der Waals surface area (Å²) in [5.74, 6) is -0.987. The van der Waals surface area contributed by atoms with Crippen molar-refractivity contribution in [3.05, 3.63) is 26.5 Å². The second kappa shape index (κ2) is 10.9. The number of nitrogens with one attached hydrogen (secondary N) is 1. The minimum atomic E-state index is -0.942. The summed E-state index contributed by atoms with van der Waals surface area (Å²) in [4.78, 5) is 30.9. The Kier molecular flexibility index (Phi) is 9.20. The summed E-state index contributed by atoms with van der Waals surface area (Å²) in [6.07, 6.45) is -0.0228. The topological polar surface area (TPSA) is 137 Å². The molecule has 0 aromatic carbocycles. The average Bonchev–Trinajstić information content (AvgIpc) is 3.14. The Morgan fingerprint density at radius 2 is 2.11 bits per heavy atom. The third-order valence-electron chi connectivity index (χ3n) is 4.44. The lowest BCUT2D eigenvalue weighted by molar-refractivity contribution is -0.124. The van der Waals surface area contributed by atoms with Gasteiger partial charge in [0.15, 0.2) is 5.69 Å². The number of methoxy groups -OCH3 is 1. The number of nitrogens with zero attached hydrogens (tertiary/aromatic N) is 4. The van der Waals surface area contributed by atoms with E-state index in [1.807, 2.05) is 27.7 Å². The van der Waals surface area contributed by atoms with Gasteiger partial charge in [-0.1, -0.05) is 39.2 Å². The fraction of sp³-hybridized carbons (Fsp3) is 0.706. The molecule has 0 aliphatic rings. The van der Waals surface area contributed by atoms with Gasteiger partial charge in [0.25, 0.3) is 0 Å². The molecule has 0 fully saturated rings. The van der Waals surface area contributed by atoms with Gasteiger partial charge in [-0.3, -0.25) is 4.79 Å². The van der Waals surface area contributed by atoms with E-state index in [0.29, 0.717) is 11.4 Å². The molecule has 0 bridgehead atoms. The third kappa shape index (κ3) is 6.50. The Morgan fingerprint density at radius 1 is 1.44 bits per heavy atom. The van der Waals surface area contributed by atoms with Gasteiger partial charge in [-0.25, -0.2) is 9.78 Å². The first-order chi connectivity index (χ1) is 12.7. The zero-order valence-electron chi connectivity index (χ0n) is 16.2. The summed E-state index contributed by atoms with van der Waals surface area (Å²) in [7, 11) is 1.26. The summed E-state index contributed by atoms with van der Waals surface area (Å²) in [5.41, 5.74) is 8.87. The van der Waals surface area contributed by atoms with Crippen LogP contribution < -0.4 is 5.32 Å². The van der Waals surface area contributed by atoms with Crippen molar-refractivity contribution in [3.8, 4) is 0 Å². The molecule has 1 heterocycles. The third-order valence-corrected chi connectivity index (χ3v) is 5.38. The van der Waals surface area contributed by atoms with Crippen LogP contribution in [0.2, 0.25) is 0 Å². The van der Waals surface area contributed by atoms with E-state index in [-0.39, 0.29) is 35.9 Å². The number of ether oxygens (including phenoxy) is 1. The van der Waals surface area contributed by atoms with Crippen LogP contribution >= 0.6 is 11.3 Å². The van der Waals surface area contributed by atoms with Crippen LogP contribution in [0.4, 0.5) is 0 Å². The monoisotopic (exact) mass is 397 g/mol. The number of hydrogen-bond donors (Lipinski definition) is 2. The molecule has 0 spiro atoms. The van der Waals surface area contributed by atoms with Crippen molar-refractivity contribution < 1.29 is 19.4 Å². The first kappa shape index (κ1) is 22.9. The Labute approximate surface area is 162 Å². The van der Waals surface area contributed by atoms with Crippen LogP contribution in [-0.2, 0) is 9.53 Å². The normalized spacial score (nSPS) is 15.4. The molecule has 0 radical (unpaired) electrons. The summed E-state index contributed by atoms with van der Waals surface area (Å²) < 4.78 is 4.61. The average molecular weight is 398 g/mol. The maximum absolute atomic E-state index is 12.6. The zero-order valence-corrected chi connectivity index (χ0v) is 17.1. The quantitative estimate of drug-likeness (QED) is 0.270. The lowest BCUT2D eigenvalue weighted by Crippen LogP contribution is -2.45. The van der Waals surface area contributed by atoms with E-state index < -0.39 is 18.1 Å². The lowest BCUT2D eigenvalue weighted by Gasteiger charge is -2.27. The molecular weight excluding hydrogens is 370 g/mol. The Hall–Kier alpha value is -2.16. The number of esters is 1. The van der Waals surface area contributed by atoms with Crippen molar-refractivity contribution in [2.24, 2.45) is 17.0 Å². The van der Waals surface area contributed by atoms with Crippen LogP contribution in [-0.4, -0.2) is 41.2 Å². The summed E-state index contributed by atoms with van der Waals surface area (Å²) in [6.45, 7) is 7.61. The first-order valence-electron chi connectivity index (χ1n) is 8.81. The molecule has 1 amide bonds. The molecule has 9 nitrogen and oxygen atoms in total. The maximum Gasteiger partial charge on any atom is 0.357 e. The molecule has 1 aromatic rings. The molecule has 0 aliphatic carbocycles. The van der Waals surface area contributed by atoms with Crippen LogP contribution in [0.15, 0.2) is 10.5 Å². The highest BCUT2D eigenvalue weighted by Crippen LogP contribution is 2.25. The van der Waals surface area contributed by atoms with Crippen molar-refractivity contribution in [1.29, 1.82) is 0 Å². The summed E-state index contributed by atoms with van der Waals surface area (Å²) in [5, 5.41) is 18.9. The van der Waals surface area contributed by atoms with E-state index in [1.165, 1.54) is 12.5 Å². The second-order valence-corrected chi connectivity index (χ2v) is 7.60. The van der Waals surface area contributed by atoms with Gasteiger partial charge in [-0.15, -0.1) is 11.3 Å². The minimum Gasteiger partial charge on any atom is -0.464 e. The fourth-order valence-corrected chi connectivity index (χ4v) is 3.24. The van der Waals surface area contributed by atoms with Gasteiger partial charge in [0.05, 0.1) is 7.11 Å². The van der Waals surface area contributed by atoms with Crippen LogP contribution in [0.5, 0.6) is 0 Å². The van der Waals surface area contributed by atoms with Crippen molar-refractivity contribution >= 4 is 23.2 Å². The zero-order chi connectivity index (χ0) is 20.6. The number of carbonyl (C=O) groups is 2. The highest BCUT2D eigenvalue weighted by molar-refractivity contribution is 7.09. The Balaban J connectivity index is 2.86. The molecular formula is C17H27N5O4S. The number of thiazole rings is 1. The first-order valence-corrected chi connectivity index (χ1v) is 9.69. The number of aromatic nitrogens is 1. The van der Waals surface area contributed by atoms with Gasteiger partial charge in [0.2, 0.25) is 5.91 Å². The molecule has 0 saturated carbocycles. The second-order valence-electron chi connectivity index (χ2n) is 6.71. The predicted molar refractivity (Wildman–Crippen MR) is 102 cm³/mol. The van der Waals surface area contributed by atoms with E-state index in [9.17, 15) is 14.7 Å². The number of carbonyl (C=O) groups excluding carboxylic acids is 2.